The van der Waals surface area contributed by atoms with Crippen molar-refractivity contribution in [1.29, 1.82) is 0 Å². The summed E-state index contributed by atoms with van der Waals surface area (Å²) >= 11 is 6.09. The molecule has 0 atom stereocenters. The summed E-state index contributed by atoms with van der Waals surface area (Å²) in [4.78, 5) is 13.4. The molecular formula is C23H23ClN8O2. The van der Waals surface area contributed by atoms with E-state index in [1.165, 1.54) is 19.4 Å². The number of hydrazone groups is 1. The van der Waals surface area contributed by atoms with Crippen molar-refractivity contribution in [2.45, 2.75) is 20.8 Å². The molecule has 0 aliphatic rings. The standard InChI is InChI=1S/C23H23ClN8O2/c1-13-5-7-18(8-6-13)26-21-27-22(29-23(28-21)32-15(3)9-14(2)31-32)30-25-12-16-10-17(24)11-19(34-4)20(16)33/h5-12,33H,1-4H3,(H2,26,27,28,29,30). The molecule has 4 aromatic rings. The van der Waals surface area contributed by atoms with Gasteiger partial charge in [-0.1, -0.05) is 29.3 Å². The van der Waals surface area contributed by atoms with E-state index in [2.05, 4.69) is 35.9 Å². The van der Waals surface area contributed by atoms with Gasteiger partial charge in [-0.15, -0.1) is 0 Å². The van der Waals surface area contributed by atoms with E-state index in [0.717, 1.165) is 22.6 Å². The van der Waals surface area contributed by atoms with Gasteiger partial charge in [0.2, 0.25) is 11.9 Å². The van der Waals surface area contributed by atoms with E-state index in [9.17, 15) is 5.11 Å². The first-order valence-electron chi connectivity index (χ1n) is 10.3. The van der Waals surface area contributed by atoms with Gasteiger partial charge in [0.25, 0.3) is 5.95 Å². The molecule has 0 fully saturated rings. The highest BCUT2D eigenvalue weighted by molar-refractivity contribution is 6.31. The van der Waals surface area contributed by atoms with Crippen LogP contribution in [-0.4, -0.2) is 43.2 Å². The van der Waals surface area contributed by atoms with Gasteiger partial charge in [0, 0.05) is 28.0 Å². The normalized spacial score (nSPS) is 11.1. The highest BCUT2D eigenvalue weighted by Gasteiger charge is 2.13. The van der Waals surface area contributed by atoms with Crippen LogP contribution in [0.3, 0.4) is 0 Å². The number of phenolic OH excluding ortho intramolecular Hbond substituents is 1. The Morgan fingerprint density at radius 2 is 1.76 bits per heavy atom. The van der Waals surface area contributed by atoms with Crippen molar-refractivity contribution in [3.8, 4) is 17.4 Å². The third-order valence-electron chi connectivity index (χ3n) is 4.79. The fourth-order valence-electron chi connectivity index (χ4n) is 3.17. The summed E-state index contributed by atoms with van der Waals surface area (Å²) in [6.45, 7) is 5.82. The first kappa shape index (κ1) is 23.0. The number of aromatic hydroxyl groups is 1. The van der Waals surface area contributed by atoms with Crippen molar-refractivity contribution in [3.05, 3.63) is 70.0 Å². The number of hydrogen-bond donors (Lipinski definition) is 3. The predicted octanol–water partition coefficient (Wildman–Crippen LogP) is 4.54. The highest BCUT2D eigenvalue weighted by atomic mass is 35.5. The molecule has 0 saturated carbocycles. The van der Waals surface area contributed by atoms with Crippen LogP contribution in [0.2, 0.25) is 5.02 Å². The van der Waals surface area contributed by atoms with Crippen LogP contribution >= 0.6 is 11.6 Å². The van der Waals surface area contributed by atoms with Gasteiger partial charge in [-0.3, -0.25) is 0 Å². The minimum atomic E-state index is -0.0850. The molecule has 4 rings (SSSR count). The van der Waals surface area contributed by atoms with E-state index >= 15 is 0 Å². The van der Waals surface area contributed by atoms with Crippen LogP contribution in [0.4, 0.5) is 17.6 Å². The van der Waals surface area contributed by atoms with Crippen LogP contribution in [0.5, 0.6) is 11.5 Å². The van der Waals surface area contributed by atoms with Gasteiger partial charge in [0.1, 0.15) is 0 Å². The summed E-state index contributed by atoms with van der Waals surface area (Å²) in [7, 11) is 1.44. The maximum Gasteiger partial charge on any atom is 0.257 e. The second-order valence-electron chi connectivity index (χ2n) is 7.53. The number of hydrogen-bond acceptors (Lipinski definition) is 9. The number of phenols is 1. The van der Waals surface area contributed by atoms with E-state index in [1.54, 1.807) is 10.7 Å². The second kappa shape index (κ2) is 9.75. The lowest BCUT2D eigenvalue weighted by Crippen LogP contribution is -2.11. The molecule has 10 nitrogen and oxygen atoms in total. The molecule has 2 aromatic carbocycles. The molecular weight excluding hydrogens is 456 g/mol. The predicted molar refractivity (Wildman–Crippen MR) is 132 cm³/mol. The Bertz CT molecular complexity index is 1350. The minimum Gasteiger partial charge on any atom is -0.504 e. The summed E-state index contributed by atoms with van der Waals surface area (Å²) in [5.74, 6) is 0.965. The molecule has 0 amide bonds. The number of halogens is 1. The number of methoxy groups -OCH3 is 1. The quantitative estimate of drug-likeness (QED) is 0.261. The third-order valence-corrected chi connectivity index (χ3v) is 5.01. The zero-order valence-electron chi connectivity index (χ0n) is 19.0. The van der Waals surface area contributed by atoms with Crippen LogP contribution in [0.1, 0.15) is 22.5 Å². The van der Waals surface area contributed by atoms with Crippen molar-refractivity contribution in [2.75, 3.05) is 17.9 Å². The van der Waals surface area contributed by atoms with Gasteiger partial charge in [0.05, 0.1) is 19.0 Å². The number of aromatic nitrogens is 5. The SMILES string of the molecule is COc1cc(Cl)cc(C=NNc2nc(Nc3ccc(C)cc3)nc(-n3nc(C)cc3C)n2)c1O. The van der Waals surface area contributed by atoms with Gasteiger partial charge in [-0.2, -0.15) is 25.2 Å². The summed E-state index contributed by atoms with van der Waals surface area (Å²) in [5.41, 5.74) is 6.81. The van der Waals surface area contributed by atoms with Gasteiger partial charge in [-0.05, 0) is 45.0 Å². The Morgan fingerprint density at radius 3 is 2.44 bits per heavy atom. The monoisotopic (exact) mass is 478 g/mol. The smallest absolute Gasteiger partial charge is 0.257 e. The first-order chi connectivity index (χ1) is 16.3. The molecule has 0 radical (unpaired) electrons. The summed E-state index contributed by atoms with van der Waals surface area (Å²) in [5, 5.41) is 22.5. The third kappa shape index (κ3) is 5.24. The van der Waals surface area contributed by atoms with Crippen molar-refractivity contribution >= 4 is 35.4 Å². The minimum absolute atomic E-state index is 0.0850. The Kier molecular flexibility index (Phi) is 6.60. The Balaban J connectivity index is 1.66. The molecule has 0 spiro atoms. The molecule has 0 unspecified atom stereocenters. The molecule has 0 saturated heterocycles. The average molecular weight is 479 g/mol. The van der Waals surface area contributed by atoms with E-state index < -0.39 is 0 Å². The van der Waals surface area contributed by atoms with Gasteiger partial charge in [-0.25, -0.2) is 10.1 Å². The largest absolute Gasteiger partial charge is 0.504 e. The molecule has 2 heterocycles. The lowest BCUT2D eigenvalue weighted by atomic mass is 10.2. The van der Waals surface area contributed by atoms with E-state index in [1.807, 2.05) is 51.1 Å². The maximum absolute atomic E-state index is 10.3. The number of ether oxygens (including phenoxy) is 1. The first-order valence-corrected chi connectivity index (χ1v) is 10.7. The number of nitrogens with one attached hydrogen (secondary N) is 2. The number of anilines is 3. The molecule has 0 aliphatic carbocycles. The summed E-state index contributed by atoms with van der Waals surface area (Å²) < 4.78 is 6.75. The van der Waals surface area contributed by atoms with Crippen LogP contribution < -0.4 is 15.5 Å². The fourth-order valence-corrected chi connectivity index (χ4v) is 3.39. The molecule has 11 heteroatoms. The molecule has 2 aromatic heterocycles. The number of nitrogens with zero attached hydrogens (tertiary/aromatic N) is 6. The lowest BCUT2D eigenvalue weighted by Gasteiger charge is -2.10. The topological polar surface area (TPSA) is 122 Å². The molecule has 34 heavy (non-hydrogen) atoms. The molecule has 3 N–H and O–H groups in total. The Morgan fingerprint density at radius 1 is 1.03 bits per heavy atom. The van der Waals surface area contributed by atoms with Crippen molar-refractivity contribution < 1.29 is 9.84 Å². The van der Waals surface area contributed by atoms with Crippen LogP contribution in [0, 0.1) is 20.8 Å². The van der Waals surface area contributed by atoms with Gasteiger partial charge >= 0.3 is 0 Å². The second-order valence-corrected chi connectivity index (χ2v) is 7.96. The fraction of sp³-hybridized carbons (Fsp3) is 0.174. The summed E-state index contributed by atoms with van der Waals surface area (Å²) in [6.07, 6.45) is 1.39. The van der Waals surface area contributed by atoms with Crippen LogP contribution in [0.25, 0.3) is 5.95 Å². The summed E-state index contributed by atoms with van der Waals surface area (Å²) in [6, 6.07) is 12.8. The number of aryl methyl sites for hydroxylation is 3. The molecule has 0 aliphatic heterocycles. The zero-order valence-corrected chi connectivity index (χ0v) is 19.8. The average Bonchev–Trinajstić information content (AvgIpc) is 3.15. The lowest BCUT2D eigenvalue weighted by molar-refractivity contribution is 0.373. The van der Waals surface area contributed by atoms with Crippen molar-refractivity contribution in [2.24, 2.45) is 5.10 Å². The molecule has 0 bridgehead atoms. The zero-order chi connectivity index (χ0) is 24.2. The Labute approximate surface area is 201 Å². The van der Waals surface area contributed by atoms with Gasteiger partial charge < -0.3 is 15.2 Å². The maximum atomic E-state index is 10.3. The Hall–Kier alpha value is -4.18. The highest BCUT2D eigenvalue weighted by Crippen LogP contribution is 2.32. The van der Waals surface area contributed by atoms with Gasteiger partial charge in [0.15, 0.2) is 11.5 Å². The van der Waals surface area contributed by atoms with Crippen molar-refractivity contribution in [1.82, 2.24) is 24.7 Å². The van der Waals surface area contributed by atoms with Crippen LogP contribution in [0.15, 0.2) is 47.6 Å². The number of benzene rings is 2. The van der Waals surface area contributed by atoms with Crippen LogP contribution in [-0.2, 0) is 0 Å². The van der Waals surface area contributed by atoms with Crippen molar-refractivity contribution in [3.63, 3.8) is 0 Å². The number of rotatable bonds is 7. The molecule has 174 valence electrons. The van der Waals surface area contributed by atoms with E-state index in [-0.39, 0.29) is 17.4 Å². The van der Waals surface area contributed by atoms with E-state index in [0.29, 0.717) is 22.5 Å². The van der Waals surface area contributed by atoms with E-state index in [4.69, 9.17) is 16.3 Å².